The van der Waals surface area contributed by atoms with Gasteiger partial charge in [0.25, 0.3) is 10.0 Å². The molecule has 0 aromatic heterocycles. The SMILES string of the molecule is CC(C)CN(C(=O)C(Cc1ccc(F)cc1)C(=O)NS(=O)(=O)/C=C/c1ccccc1)c1ccc(F)cc1. The Labute approximate surface area is 215 Å². The van der Waals surface area contributed by atoms with Crippen LogP contribution >= 0.6 is 0 Å². The van der Waals surface area contributed by atoms with E-state index in [1.165, 1.54) is 59.5 Å². The van der Waals surface area contributed by atoms with Crippen molar-refractivity contribution in [2.45, 2.75) is 20.3 Å². The number of nitrogens with one attached hydrogen (secondary N) is 1. The summed E-state index contributed by atoms with van der Waals surface area (Å²) in [5, 5.41) is 0.853. The Kier molecular flexibility index (Phi) is 9.30. The van der Waals surface area contributed by atoms with Gasteiger partial charge < -0.3 is 4.90 Å². The van der Waals surface area contributed by atoms with Crippen molar-refractivity contribution in [3.63, 3.8) is 0 Å². The molecule has 9 heteroatoms. The molecule has 0 aliphatic carbocycles. The average Bonchev–Trinajstić information content (AvgIpc) is 2.86. The Morgan fingerprint density at radius 3 is 2.03 bits per heavy atom. The average molecular weight is 527 g/mol. The number of hydrogen-bond acceptors (Lipinski definition) is 4. The molecule has 6 nitrogen and oxygen atoms in total. The van der Waals surface area contributed by atoms with Gasteiger partial charge in [0, 0.05) is 12.2 Å². The molecular weight excluding hydrogens is 498 g/mol. The second-order valence-corrected chi connectivity index (χ2v) is 10.5. The molecule has 0 heterocycles. The molecule has 194 valence electrons. The van der Waals surface area contributed by atoms with Crippen LogP contribution in [0, 0.1) is 23.5 Å². The van der Waals surface area contributed by atoms with E-state index in [-0.39, 0.29) is 18.9 Å². The van der Waals surface area contributed by atoms with E-state index in [0.717, 1.165) is 5.41 Å². The number of sulfonamides is 1. The maximum Gasteiger partial charge on any atom is 0.257 e. The topological polar surface area (TPSA) is 83.6 Å². The number of hydrogen-bond donors (Lipinski definition) is 1. The van der Waals surface area contributed by atoms with Crippen molar-refractivity contribution < 1.29 is 26.8 Å². The number of rotatable bonds is 10. The van der Waals surface area contributed by atoms with Crippen molar-refractivity contribution in [2.75, 3.05) is 11.4 Å². The summed E-state index contributed by atoms with van der Waals surface area (Å²) < 4.78 is 54.3. The molecule has 1 unspecified atom stereocenters. The molecule has 0 aliphatic rings. The van der Waals surface area contributed by atoms with E-state index in [9.17, 15) is 26.8 Å². The Morgan fingerprint density at radius 2 is 1.46 bits per heavy atom. The fourth-order valence-corrected chi connectivity index (χ4v) is 4.45. The molecule has 0 bridgehead atoms. The van der Waals surface area contributed by atoms with Crippen LogP contribution in [0.25, 0.3) is 6.08 Å². The first kappa shape index (κ1) is 27.7. The maximum absolute atomic E-state index is 13.7. The Balaban J connectivity index is 1.93. The number of halogens is 2. The first-order valence-corrected chi connectivity index (χ1v) is 13.2. The summed E-state index contributed by atoms with van der Waals surface area (Å²) in [5.74, 6) is -4.13. The lowest BCUT2D eigenvalue weighted by Gasteiger charge is -2.28. The summed E-state index contributed by atoms with van der Waals surface area (Å²) in [6, 6.07) is 19.1. The molecule has 0 saturated carbocycles. The summed E-state index contributed by atoms with van der Waals surface area (Å²) in [4.78, 5) is 28.3. The molecule has 0 spiro atoms. The molecule has 0 radical (unpaired) electrons. The molecule has 3 aromatic carbocycles. The fraction of sp³-hybridized carbons (Fsp3) is 0.214. The standard InChI is InChI=1S/C28H28F2N2O4S/c1-20(2)19-32(25-14-12-24(30)13-15-25)28(34)26(18-22-8-10-23(29)11-9-22)27(33)31-37(35,36)17-16-21-6-4-3-5-7-21/h3-17,20,26H,18-19H2,1-2H3,(H,31,33)/b17-16+. The van der Waals surface area contributed by atoms with E-state index in [2.05, 4.69) is 0 Å². The molecule has 3 aromatic rings. The number of carbonyl (C=O) groups excluding carboxylic acids is 2. The predicted molar refractivity (Wildman–Crippen MR) is 140 cm³/mol. The molecule has 3 rings (SSSR count). The van der Waals surface area contributed by atoms with Crippen LogP contribution in [0.15, 0.2) is 84.3 Å². The normalized spacial score (nSPS) is 12.5. The molecule has 0 fully saturated rings. The van der Waals surface area contributed by atoms with Gasteiger partial charge in [-0.05, 0) is 65.9 Å². The van der Waals surface area contributed by atoms with Crippen LogP contribution in [0.3, 0.4) is 0 Å². The number of anilines is 1. The van der Waals surface area contributed by atoms with Crippen molar-refractivity contribution in [3.05, 3.63) is 107 Å². The Hall–Kier alpha value is -3.85. The van der Waals surface area contributed by atoms with E-state index in [1.807, 2.05) is 18.6 Å². The van der Waals surface area contributed by atoms with Crippen molar-refractivity contribution in [1.82, 2.24) is 4.72 Å². The molecule has 2 amide bonds. The summed E-state index contributed by atoms with van der Waals surface area (Å²) >= 11 is 0. The first-order chi connectivity index (χ1) is 17.5. The zero-order valence-electron chi connectivity index (χ0n) is 20.5. The van der Waals surface area contributed by atoms with Gasteiger partial charge in [0.1, 0.15) is 17.6 Å². The minimum absolute atomic E-state index is 0.0129. The van der Waals surface area contributed by atoms with Gasteiger partial charge >= 0.3 is 0 Å². The lowest BCUT2D eigenvalue weighted by molar-refractivity contribution is -0.132. The zero-order chi connectivity index (χ0) is 27.0. The fourth-order valence-electron chi connectivity index (χ4n) is 3.62. The monoisotopic (exact) mass is 526 g/mol. The van der Waals surface area contributed by atoms with Crippen LogP contribution in [0.2, 0.25) is 0 Å². The maximum atomic E-state index is 13.7. The highest BCUT2D eigenvalue weighted by molar-refractivity contribution is 7.93. The lowest BCUT2D eigenvalue weighted by atomic mass is 9.96. The summed E-state index contributed by atoms with van der Waals surface area (Å²) in [6.45, 7) is 3.95. The highest BCUT2D eigenvalue weighted by Gasteiger charge is 2.34. The third-order valence-corrected chi connectivity index (χ3v) is 6.38. The molecule has 0 aliphatic heterocycles. The Bertz CT molecular complexity index is 1340. The lowest BCUT2D eigenvalue weighted by Crippen LogP contribution is -2.47. The second-order valence-electron chi connectivity index (χ2n) is 8.93. The first-order valence-electron chi connectivity index (χ1n) is 11.7. The van der Waals surface area contributed by atoms with Gasteiger partial charge in [0.2, 0.25) is 11.8 Å². The summed E-state index contributed by atoms with van der Waals surface area (Å²) in [6.07, 6.45) is 1.16. The van der Waals surface area contributed by atoms with Crippen LogP contribution < -0.4 is 9.62 Å². The van der Waals surface area contributed by atoms with Gasteiger partial charge in [0.05, 0.1) is 5.41 Å². The zero-order valence-corrected chi connectivity index (χ0v) is 21.3. The molecule has 1 atom stereocenters. The van der Waals surface area contributed by atoms with E-state index >= 15 is 0 Å². The molecular formula is C28H28F2N2O4S. The van der Waals surface area contributed by atoms with Crippen molar-refractivity contribution in [3.8, 4) is 0 Å². The third kappa shape index (κ3) is 8.35. The third-order valence-electron chi connectivity index (χ3n) is 5.40. The van der Waals surface area contributed by atoms with Crippen molar-refractivity contribution in [2.24, 2.45) is 11.8 Å². The van der Waals surface area contributed by atoms with E-state index < -0.39 is 39.4 Å². The summed E-state index contributed by atoms with van der Waals surface area (Å²) in [5.41, 5.74) is 1.44. The molecule has 0 saturated heterocycles. The van der Waals surface area contributed by atoms with E-state index in [1.54, 1.807) is 30.3 Å². The van der Waals surface area contributed by atoms with Gasteiger partial charge in [-0.15, -0.1) is 0 Å². The quantitative estimate of drug-likeness (QED) is 0.380. The van der Waals surface area contributed by atoms with Gasteiger partial charge in [-0.3, -0.25) is 9.59 Å². The number of carbonyl (C=O) groups is 2. The van der Waals surface area contributed by atoms with Crippen LogP contribution in [-0.2, 0) is 26.0 Å². The number of amides is 2. The molecule has 37 heavy (non-hydrogen) atoms. The largest absolute Gasteiger partial charge is 0.311 e. The predicted octanol–water partition coefficient (Wildman–Crippen LogP) is 4.93. The molecule has 1 N–H and O–H groups in total. The van der Waals surface area contributed by atoms with Crippen molar-refractivity contribution >= 4 is 33.6 Å². The van der Waals surface area contributed by atoms with Crippen molar-refractivity contribution in [1.29, 1.82) is 0 Å². The smallest absolute Gasteiger partial charge is 0.257 e. The van der Waals surface area contributed by atoms with Crippen LogP contribution in [0.1, 0.15) is 25.0 Å². The number of nitrogens with zero attached hydrogens (tertiary/aromatic N) is 1. The van der Waals surface area contributed by atoms with Gasteiger partial charge in [-0.1, -0.05) is 56.3 Å². The summed E-state index contributed by atoms with van der Waals surface area (Å²) in [7, 11) is -4.24. The highest BCUT2D eigenvalue weighted by Crippen LogP contribution is 2.22. The van der Waals surface area contributed by atoms with E-state index in [4.69, 9.17) is 0 Å². The highest BCUT2D eigenvalue weighted by atomic mass is 32.2. The van der Waals surface area contributed by atoms with Gasteiger partial charge in [-0.2, -0.15) is 0 Å². The minimum atomic E-state index is -4.24. The van der Waals surface area contributed by atoms with E-state index in [0.29, 0.717) is 16.8 Å². The van der Waals surface area contributed by atoms with Gasteiger partial charge in [-0.25, -0.2) is 21.9 Å². The van der Waals surface area contributed by atoms with Crippen LogP contribution in [0.5, 0.6) is 0 Å². The van der Waals surface area contributed by atoms with Gasteiger partial charge in [0.15, 0.2) is 0 Å². The second kappa shape index (κ2) is 12.4. The minimum Gasteiger partial charge on any atom is -0.311 e. The van der Waals surface area contributed by atoms with Crippen LogP contribution in [0.4, 0.5) is 14.5 Å². The van der Waals surface area contributed by atoms with Crippen LogP contribution in [-0.4, -0.2) is 26.8 Å². The number of benzene rings is 3. The Morgan fingerprint density at radius 1 is 0.892 bits per heavy atom.